The molecule has 9 nitrogen and oxygen atoms in total. The first kappa shape index (κ1) is 19.3. The molecule has 5 rings (SSSR count). The van der Waals surface area contributed by atoms with Gasteiger partial charge in [-0.3, -0.25) is 14.6 Å². The molecule has 2 amide bonds. The molecule has 31 heavy (non-hydrogen) atoms. The molecule has 0 aliphatic carbocycles. The maximum atomic E-state index is 12.9. The fourth-order valence-corrected chi connectivity index (χ4v) is 4.01. The van der Waals surface area contributed by atoms with E-state index in [4.69, 9.17) is 4.52 Å². The Labute approximate surface area is 179 Å². The minimum Gasteiger partial charge on any atom is -0.341 e. The van der Waals surface area contributed by atoms with Crippen molar-refractivity contribution in [2.75, 3.05) is 24.5 Å². The molecular weight excluding hydrogens is 396 g/mol. The number of aryl methyl sites for hydroxylation is 2. The Hall–Kier alpha value is -3.62. The van der Waals surface area contributed by atoms with Crippen molar-refractivity contribution in [3.05, 3.63) is 53.8 Å². The molecule has 1 aromatic carbocycles. The van der Waals surface area contributed by atoms with Gasteiger partial charge in [0.2, 0.25) is 23.5 Å². The summed E-state index contributed by atoms with van der Waals surface area (Å²) in [6.07, 6.45) is 4.96. The van der Waals surface area contributed by atoms with Crippen LogP contribution >= 0.6 is 0 Å². The Kier molecular flexibility index (Phi) is 4.72. The normalized spacial score (nSPS) is 19.0. The summed E-state index contributed by atoms with van der Waals surface area (Å²) in [5.74, 6) is 0.541. The summed E-state index contributed by atoms with van der Waals surface area (Å²) in [6.45, 7) is 5.50. The number of nitrogens with zero attached hydrogens (tertiary/aromatic N) is 6. The van der Waals surface area contributed by atoms with E-state index in [0.717, 1.165) is 11.3 Å². The Bertz CT molecular complexity index is 1140. The lowest BCUT2D eigenvalue weighted by molar-refractivity contribution is -0.140. The van der Waals surface area contributed by atoms with E-state index in [0.29, 0.717) is 37.0 Å². The minimum absolute atomic E-state index is 0.00426. The second-order valence-corrected chi connectivity index (χ2v) is 8.16. The van der Waals surface area contributed by atoms with E-state index in [9.17, 15) is 9.59 Å². The van der Waals surface area contributed by atoms with Gasteiger partial charge in [0.1, 0.15) is 5.69 Å². The predicted molar refractivity (Wildman–Crippen MR) is 111 cm³/mol. The molecule has 0 spiro atoms. The van der Waals surface area contributed by atoms with Crippen LogP contribution in [0.5, 0.6) is 0 Å². The van der Waals surface area contributed by atoms with Gasteiger partial charge in [0, 0.05) is 44.1 Å². The molecule has 2 aliphatic heterocycles. The van der Waals surface area contributed by atoms with Crippen LogP contribution in [0.2, 0.25) is 0 Å². The van der Waals surface area contributed by atoms with Gasteiger partial charge in [-0.1, -0.05) is 11.2 Å². The number of benzene rings is 1. The van der Waals surface area contributed by atoms with Gasteiger partial charge >= 0.3 is 0 Å². The maximum absolute atomic E-state index is 12.9. The van der Waals surface area contributed by atoms with Crippen LogP contribution in [-0.4, -0.2) is 56.5 Å². The highest BCUT2D eigenvalue weighted by atomic mass is 16.5. The third-order valence-corrected chi connectivity index (χ3v) is 6.05. The molecule has 158 valence electrons. The number of hydrogen-bond donors (Lipinski definition) is 0. The van der Waals surface area contributed by atoms with Crippen LogP contribution in [0.4, 0.5) is 5.69 Å². The average Bonchev–Trinajstić information content (AvgIpc) is 3.37. The maximum Gasteiger partial charge on any atom is 0.233 e. The molecule has 1 unspecified atom stereocenters. The number of likely N-dealkylation sites (tertiary alicyclic amines) is 1. The van der Waals surface area contributed by atoms with Crippen LogP contribution in [0.3, 0.4) is 0 Å². The average molecular weight is 418 g/mol. The van der Waals surface area contributed by atoms with Gasteiger partial charge in [0.05, 0.1) is 18.0 Å². The van der Waals surface area contributed by atoms with Gasteiger partial charge in [-0.2, -0.15) is 4.98 Å². The van der Waals surface area contributed by atoms with E-state index >= 15 is 0 Å². The number of carbonyl (C=O) groups excluding carboxylic acids is 2. The van der Waals surface area contributed by atoms with Crippen molar-refractivity contribution in [3.63, 3.8) is 0 Å². The zero-order valence-electron chi connectivity index (χ0n) is 17.4. The highest BCUT2D eigenvalue weighted by Crippen LogP contribution is 2.32. The van der Waals surface area contributed by atoms with Crippen molar-refractivity contribution in [2.24, 2.45) is 5.92 Å². The summed E-state index contributed by atoms with van der Waals surface area (Å²) in [5, 5.41) is 3.96. The summed E-state index contributed by atoms with van der Waals surface area (Å²) >= 11 is 0. The van der Waals surface area contributed by atoms with Crippen LogP contribution in [0, 0.1) is 19.8 Å². The largest absolute Gasteiger partial charge is 0.341 e. The summed E-state index contributed by atoms with van der Waals surface area (Å²) in [4.78, 5) is 41.5. The minimum atomic E-state index is -0.326. The monoisotopic (exact) mass is 418 g/mol. The number of rotatable bonds is 4. The SMILES string of the molecule is Cc1ccc(N2CC(C(=O)N3CC(c4nc(-c5cnccn5)no4)C3)CC2=O)cc1C. The second-order valence-electron chi connectivity index (χ2n) is 8.16. The molecule has 2 saturated heterocycles. The van der Waals surface area contributed by atoms with Gasteiger partial charge in [-0.05, 0) is 37.1 Å². The van der Waals surface area contributed by atoms with Crippen LogP contribution in [0.1, 0.15) is 29.4 Å². The second kappa shape index (κ2) is 7.57. The Morgan fingerprint density at radius 1 is 1.13 bits per heavy atom. The van der Waals surface area contributed by atoms with Crippen molar-refractivity contribution < 1.29 is 14.1 Å². The quantitative estimate of drug-likeness (QED) is 0.639. The highest BCUT2D eigenvalue weighted by Gasteiger charge is 2.42. The highest BCUT2D eigenvalue weighted by molar-refractivity contribution is 6.00. The summed E-state index contributed by atoms with van der Waals surface area (Å²) in [6, 6.07) is 5.95. The van der Waals surface area contributed by atoms with Gasteiger partial charge in [0.25, 0.3) is 0 Å². The zero-order chi connectivity index (χ0) is 21.5. The van der Waals surface area contributed by atoms with E-state index in [1.165, 1.54) is 5.56 Å². The van der Waals surface area contributed by atoms with E-state index in [-0.39, 0.29) is 30.1 Å². The van der Waals surface area contributed by atoms with E-state index in [1.54, 1.807) is 28.4 Å². The van der Waals surface area contributed by atoms with Gasteiger partial charge < -0.3 is 14.3 Å². The van der Waals surface area contributed by atoms with Gasteiger partial charge in [-0.15, -0.1) is 0 Å². The Balaban J connectivity index is 1.20. The summed E-state index contributed by atoms with van der Waals surface area (Å²) in [7, 11) is 0. The standard InChI is InChI=1S/C22H22N6O3/c1-13-3-4-17(7-14(13)2)28-12-15(8-19(28)29)22(30)27-10-16(11-27)21-25-20(26-31-21)18-9-23-5-6-24-18/h3-7,9,15-16H,8,10-12H2,1-2H3. The molecule has 0 bridgehead atoms. The predicted octanol–water partition coefficient (Wildman–Crippen LogP) is 2.12. The molecule has 3 aromatic rings. The van der Waals surface area contributed by atoms with Crippen molar-refractivity contribution in [2.45, 2.75) is 26.2 Å². The lowest BCUT2D eigenvalue weighted by atomic mass is 9.96. The molecule has 1 atom stereocenters. The van der Waals surface area contributed by atoms with Crippen molar-refractivity contribution in [1.29, 1.82) is 0 Å². The Morgan fingerprint density at radius 3 is 2.71 bits per heavy atom. The van der Waals surface area contributed by atoms with Crippen LogP contribution in [0.25, 0.3) is 11.5 Å². The topological polar surface area (TPSA) is 105 Å². The Morgan fingerprint density at radius 2 is 1.97 bits per heavy atom. The molecule has 2 fully saturated rings. The number of hydrogen-bond acceptors (Lipinski definition) is 7. The molecule has 4 heterocycles. The molecule has 9 heteroatoms. The van der Waals surface area contributed by atoms with Gasteiger partial charge in [0.15, 0.2) is 0 Å². The number of anilines is 1. The van der Waals surface area contributed by atoms with Gasteiger partial charge in [-0.25, -0.2) is 4.98 Å². The summed E-state index contributed by atoms with van der Waals surface area (Å²) < 4.78 is 5.36. The van der Waals surface area contributed by atoms with Crippen LogP contribution in [-0.2, 0) is 9.59 Å². The molecule has 0 saturated carbocycles. The van der Waals surface area contributed by atoms with E-state index < -0.39 is 0 Å². The smallest absolute Gasteiger partial charge is 0.233 e. The van der Waals surface area contributed by atoms with Crippen molar-refractivity contribution in [1.82, 2.24) is 25.0 Å². The summed E-state index contributed by atoms with van der Waals surface area (Å²) in [5.41, 5.74) is 3.71. The molecule has 2 aliphatic rings. The van der Waals surface area contributed by atoms with E-state index in [1.807, 2.05) is 32.0 Å². The van der Waals surface area contributed by atoms with Crippen molar-refractivity contribution in [3.8, 4) is 11.5 Å². The molecule has 2 aromatic heterocycles. The fraction of sp³-hybridized carbons (Fsp3) is 0.364. The first-order valence-corrected chi connectivity index (χ1v) is 10.3. The lowest BCUT2D eigenvalue weighted by Gasteiger charge is -2.38. The third kappa shape index (κ3) is 3.56. The third-order valence-electron chi connectivity index (χ3n) is 6.05. The first-order chi connectivity index (χ1) is 15.0. The van der Waals surface area contributed by atoms with Crippen LogP contribution in [0.15, 0.2) is 41.3 Å². The first-order valence-electron chi connectivity index (χ1n) is 10.3. The molecule has 0 radical (unpaired) electrons. The zero-order valence-corrected chi connectivity index (χ0v) is 17.4. The number of carbonyl (C=O) groups is 2. The van der Waals surface area contributed by atoms with Crippen molar-refractivity contribution >= 4 is 17.5 Å². The molecule has 0 N–H and O–H groups in total. The number of amides is 2. The van der Waals surface area contributed by atoms with E-state index in [2.05, 4.69) is 20.1 Å². The molecular formula is C22H22N6O3. The van der Waals surface area contributed by atoms with Crippen LogP contribution < -0.4 is 4.90 Å². The lowest BCUT2D eigenvalue weighted by Crippen LogP contribution is -2.51. The fourth-order valence-electron chi connectivity index (χ4n) is 4.01. The number of aromatic nitrogens is 4.